The van der Waals surface area contributed by atoms with Gasteiger partial charge in [-0.2, -0.15) is 0 Å². The number of benzene rings is 2. The van der Waals surface area contributed by atoms with E-state index in [-0.39, 0.29) is 35.4 Å². The second-order valence-corrected chi connectivity index (χ2v) is 6.73. The quantitative estimate of drug-likeness (QED) is 0.468. The molecule has 0 radical (unpaired) electrons. The molecule has 1 aromatic heterocycles. The predicted octanol–water partition coefficient (Wildman–Crippen LogP) is 3.67. The van der Waals surface area contributed by atoms with Crippen molar-refractivity contribution in [3.8, 4) is 5.69 Å². The van der Waals surface area contributed by atoms with Crippen molar-refractivity contribution in [2.24, 2.45) is 0 Å². The number of halogens is 1. The molecule has 0 aliphatic carbocycles. The predicted molar refractivity (Wildman–Crippen MR) is 107 cm³/mol. The Morgan fingerprint density at radius 2 is 2.07 bits per heavy atom. The standard InChI is InChI=1S/C20H20FN5O3/c1-13(2)24-20(27)15-4-5-17(19(10-15)26(28)29)23-11-14-3-6-18(16(21)9-14)25-8-7-22-12-25/h3-10,12-13,23H,11H2,1-2H3,(H,24,27). The molecule has 2 aromatic carbocycles. The first-order chi connectivity index (χ1) is 13.8. The summed E-state index contributed by atoms with van der Waals surface area (Å²) in [6.07, 6.45) is 4.69. The minimum atomic E-state index is -0.558. The average Bonchev–Trinajstić information content (AvgIpc) is 3.20. The van der Waals surface area contributed by atoms with Gasteiger partial charge in [0.2, 0.25) is 0 Å². The molecule has 0 unspecified atom stereocenters. The number of imidazole rings is 1. The number of anilines is 1. The smallest absolute Gasteiger partial charge is 0.293 e. The van der Waals surface area contributed by atoms with Crippen LogP contribution < -0.4 is 10.6 Å². The first-order valence-electron chi connectivity index (χ1n) is 8.95. The van der Waals surface area contributed by atoms with Crippen molar-refractivity contribution in [3.63, 3.8) is 0 Å². The third-order valence-corrected chi connectivity index (χ3v) is 4.15. The van der Waals surface area contributed by atoms with Crippen LogP contribution in [0.5, 0.6) is 0 Å². The Labute approximate surface area is 166 Å². The lowest BCUT2D eigenvalue weighted by molar-refractivity contribution is -0.384. The molecule has 8 nitrogen and oxygen atoms in total. The van der Waals surface area contributed by atoms with E-state index in [0.717, 1.165) is 0 Å². The maximum absolute atomic E-state index is 14.4. The van der Waals surface area contributed by atoms with Crippen LogP contribution in [0.15, 0.2) is 55.1 Å². The van der Waals surface area contributed by atoms with Gasteiger partial charge in [-0.1, -0.05) is 6.07 Å². The maximum Gasteiger partial charge on any atom is 0.293 e. The van der Waals surface area contributed by atoms with E-state index in [1.165, 1.54) is 30.6 Å². The van der Waals surface area contributed by atoms with Gasteiger partial charge in [-0.05, 0) is 43.7 Å². The zero-order chi connectivity index (χ0) is 21.0. The molecule has 0 saturated carbocycles. The zero-order valence-corrected chi connectivity index (χ0v) is 15.9. The van der Waals surface area contributed by atoms with Crippen LogP contribution in [0.1, 0.15) is 29.8 Å². The third kappa shape index (κ3) is 4.75. The molecule has 0 aliphatic heterocycles. The van der Waals surface area contributed by atoms with Gasteiger partial charge in [-0.15, -0.1) is 0 Å². The van der Waals surface area contributed by atoms with Crippen LogP contribution in [0.2, 0.25) is 0 Å². The molecule has 29 heavy (non-hydrogen) atoms. The second-order valence-electron chi connectivity index (χ2n) is 6.73. The lowest BCUT2D eigenvalue weighted by Gasteiger charge is -2.11. The summed E-state index contributed by atoms with van der Waals surface area (Å²) in [5.74, 6) is -0.815. The number of aromatic nitrogens is 2. The number of hydrogen-bond acceptors (Lipinski definition) is 5. The van der Waals surface area contributed by atoms with Gasteiger partial charge in [0, 0.05) is 36.6 Å². The molecule has 3 rings (SSSR count). The van der Waals surface area contributed by atoms with Crippen molar-refractivity contribution in [3.05, 3.63) is 82.2 Å². The first-order valence-corrected chi connectivity index (χ1v) is 8.95. The summed E-state index contributed by atoms with van der Waals surface area (Å²) in [4.78, 5) is 26.8. The van der Waals surface area contributed by atoms with E-state index in [9.17, 15) is 19.3 Å². The van der Waals surface area contributed by atoms with Gasteiger partial charge in [0.05, 0.1) is 16.9 Å². The monoisotopic (exact) mass is 397 g/mol. The van der Waals surface area contributed by atoms with Crippen LogP contribution in [0.4, 0.5) is 15.8 Å². The SMILES string of the molecule is CC(C)NC(=O)c1ccc(NCc2ccc(-n3ccnc3)c(F)c2)c([N+](=O)[O-])c1. The Balaban J connectivity index is 1.77. The topological polar surface area (TPSA) is 102 Å². The van der Waals surface area contributed by atoms with Crippen LogP contribution in [0, 0.1) is 15.9 Å². The molecule has 0 spiro atoms. The van der Waals surface area contributed by atoms with Crippen molar-refractivity contribution >= 4 is 17.3 Å². The number of rotatable bonds is 7. The second kappa shape index (κ2) is 8.51. The van der Waals surface area contributed by atoms with Gasteiger partial charge >= 0.3 is 0 Å². The molecule has 1 amide bonds. The molecule has 0 atom stereocenters. The number of carbonyl (C=O) groups excluding carboxylic acids is 1. The lowest BCUT2D eigenvalue weighted by Crippen LogP contribution is -2.30. The van der Waals surface area contributed by atoms with Crippen LogP contribution in [-0.2, 0) is 6.54 Å². The molecule has 0 bridgehead atoms. The fourth-order valence-corrected chi connectivity index (χ4v) is 2.79. The summed E-state index contributed by atoms with van der Waals surface area (Å²) in [7, 11) is 0. The molecule has 9 heteroatoms. The van der Waals surface area contributed by atoms with Crippen LogP contribution in [0.3, 0.4) is 0 Å². The number of carbonyl (C=O) groups is 1. The summed E-state index contributed by atoms with van der Waals surface area (Å²) < 4.78 is 15.9. The van der Waals surface area contributed by atoms with E-state index < -0.39 is 10.7 Å². The lowest BCUT2D eigenvalue weighted by atomic mass is 10.1. The van der Waals surface area contributed by atoms with Crippen molar-refractivity contribution in [2.45, 2.75) is 26.4 Å². The summed E-state index contributed by atoms with van der Waals surface area (Å²) in [6, 6.07) is 8.82. The highest BCUT2D eigenvalue weighted by molar-refractivity contribution is 5.95. The van der Waals surface area contributed by atoms with Gasteiger partial charge in [-0.25, -0.2) is 9.37 Å². The fraction of sp³-hybridized carbons (Fsp3) is 0.200. The van der Waals surface area contributed by atoms with Gasteiger partial charge < -0.3 is 15.2 Å². The van der Waals surface area contributed by atoms with Gasteiger partial charge in [0.25, 0.3) is 11.6 Å². The molecule has 150 valence electrons. The van der Waals surface area contributed by atoms with E-state index in [1.807, 2.05) is 0 Å². The van der Waals surface area contributed by atoms with Crippen molar-refractivity contribution in [1.82, 2.24) is 14.9 Å². The van der Waals surface area contributed by atoms with E-state index in [0.29, 0.717) is 11.3 Å². The summed E-state index contributed by atoms with van der Waals surface area (Å²) in [5, 5.41) is 17.1. The van der Waals surface area contributed by atoms with Crippen LogP contribution in [0.25, 0.3) is 5.69 Å². The van der Waals surface area contributed by atoms with Crippen LogP contribution in [-0.4, -0.2) is 26.4 Å². The molecule has 0 aliphatic rings. The summed E-state index contributed by atoms with van der Waals surface area (Å²) >= 11 is 0. The largest absolute Gasteiger partial charge is 0.375 e. The maximum atomic E-state index is 14.4. The molecular formula is C20H20FN5O3. The molecule has 1 heterocycles. The van der Waals surface area contributed by atoms with E-state index in [2.05, 4.69) is 15.6 Å². The average molecular weight is 397 g/mol. The minimum Gasteiger partial charge on any atom is -0.375 e. The number of hydrogen-bond donors (Lipinski definition) is 2. The van der Waals surface area contributed by atoms with E-state index >= 15 is 0 Å². The highest BCUT2D eigenvalue weighted by atomic mass is 19.1. The van der Waals surface area contributed by atoms with Gasteiger partial charge in [0.1, 0.15) is 11.5 Å². The molecule has 3 aromatic rings. The Bertz CT molecular complexity index is 1030. The van der Waals surface area contributed by atoms with E-state index in [1.54, 1.807) is 42.9 Å². The Kier molecular flexibility index (Phi) is 5.87. The molecule has 0 fully saturated rings. The number of nitro groups is 1. The molecule has 2 N–H and O–H groups in total. The van der Waals surface area contributed by atoms with Gasteiger partial charge in [-0.3, -0.25) is 14.9 Å². The van der Waals surface area contributed by atoms with Crippen molar-refractivity contribution in [1.29, 1.82) is 0 Å². The summed E-state index contributed by atoms with van der Waals surface area (Å²) in [6.45, 7) is 3.79. The Hall–Kier alpha value is -3.75. The Morgan fingerprint density at radius 1 is 1.28 bits per heavy atom. The first kappa shape index (κ1) is 20.0. The zero-order valence-electron chi connectivity index (χ0n) is 15.9. The Morgan fingerprint density at radius 3 is 2.69 bits per heavy atom. The van der Waals surface area contributed by atoms with Gasteiger partial charge in [0.15, 0.2) is 0 Å². The number of amides is 1. The number of nitro benzene ring substituents is 1. The minimum absolute atomic E-state index is 0.0838. The normalized spacial score (nSPS) is 10.8. The highest BCUT2D eigenvalue weighted by Gasteiger charge is 2.18. The number of nitrogens with one attached hydrogen (secondary N) is 2. The molecule has 0 saturated heterocycles. The van der Waals surface area contributed by atoms with Crippen molar-refractivity contribution in [2.75, 3.05) is 5.32 Å². The fourth-order valence-electron chi connectivity index (χ4n) is 2.79. The van der Waals surface area contributed by atoms with Crippen molar-refractivity contribution < 1.29 is 14.1 Å². The van der Waals surface area contributed by atoms with Crippen LogP contribution >= 0.6 is 0 Å². The molecular weight excluding hydrogens is 377 g/mol. The summed E-state index contributed by atoms with van der Waals surface area (Å²) in [5.41, 5.74) is 1.19. The number of nitrogens with zero attached hydrogens (tertiary/aromatic N) is 3. The highest BCUT2D eigenvalue weighted by Crippen LogP contribution is 2.26. The third-order valence-electron chi connectivity index (χ3n) is 4.15. The van der Waals surface area contributed by atoms with E-state index in [4.69, 9.17) is 0 Å².